The Balaban J connectivity index is 2.32. The second kappa shape index (κ2) is 8.95. The number of esters is 1. The van der Waals surface area contributed by atoms with Gasteiger partial charge in [-0.15, -0.1) is 0 Å². The molecule has 0 aliphatic carbocycles. The Kier molecular flexibility index (Phi) is 7.59. The number of amides is 1. The van der Waals surface area contributed by atoms with Gasteiger partial charge in [-0.1, -0.05) is 26.2 Å². The molecule has 1 heterocycles. The zero-order chi connectivity index (χ0) is 15.0. The Morgan fingerprint density at radius 3 is 2.80 bits per heavy atom. The lowest BCUT2D eigenvalue weighted by atomic mass is 10.1. The smallest absolute Gasteiger partial charge is 0.323 e. The van der Waals surface area contributed by atoms with Crippen LogP contribution in [0.4, 0.5) is 0 Å². The van der Waals surface area contributed by atoms with Crippen molar-refractivity contribution in [1.29, 1.82) is 0 Å². The summed E-state index contributed by atoms with van der Waals surface area (Å²) in [5.74, 6) is -0.226. The lowest BCUT2D eigenvalue weighted by Gasteiger charge is -2.22. The number of likely N-dealkylation sites (tertiary alicyclic amines) is 1. The van der Waals surface area contributed by atoms with E-state index in [0.29, 0.717) is 0 Å². The predicted octanol–water partition coefficient (Wildman–Crippen LogP) is 1.71. The zero-order valence-corrected chi connectivity index (χ0v) is 13.0. The van der Waals surface area contributed by atoms with Crippen LogP contribution in [0.5, 0.6) is 0 Å². The van der Waals surface area contributed by atoms with Gasteiger partial charge in [0.1, 0.15) is 6.04 Å². The van der Waals surface area contributed by atoms with E-state index in [9.17, 15) is 9.59 Å². The van der Waals surface area contributed by atoms with Crippen LogP contribution in [0, 0.1) is 0 Å². The highest BCUT2D eigenvalue weighted by molar-refractivity contribution is 5.81. The molecule has 1 aliphatic heterocycles. The molecular weight excluding hydrogens is 256 g/mol. The summed E-state index contributed by atoms with van der Waals surface area (Å²) in [6.45, 7) is 5.29. The molecule has 2 atom stereocenters. The molecule has 116 valence electrons. The van der Waals surface area contributed by atoms with Crippen molar-refractivity contribution >= 4 is 11.9 Å². The van der Waals surface area contributed by atoms with Gasteiger partial charge in [0, 0.05) is 6.04 Å². The average Bonchev–Trinajstić information content (AvgIpc) is 2.86. The zero-order valence-electron chi connectivity index (χ0n) is 13.0. The number of hydrogen-bond acceptors (Lipinski definition) is 4. The molecule has 0 bridgehead atoms. The lowest BCUT2D eigenvalue weighted by molar-refractivity contribution is -0.146. The van der Waals surface area contributed by atoms with Crippen LogP contribution in [0.25, 0.3) is 0 Å². The van der Waals surface area contributed by atoms with Crippen molar-refractivity contribution in [3.8, 4) is 0 Å². The van der Waals surface area contributed by atoms with E-state index in [-0.39, 0.29) is 30.5 Å². The van der Waals surface area contributed by atoms with Crippen molar-refractivity contribution in [1.82, 2.24) is 10.2 Å². The summed E-state index contributed by atoms with van der Waals surface area (Å²) in [6, 6.07) is -0.0469. The first-order chi connectivity index (χ1) is 9.58. The maximum absolute atomic E-state index is 12.0. The summed E-state index contributed by atoms with van der Waals surface area (Å²) in [4.78, 5) is 25.5. The van der Waals surface area contributed by atoms with E-state index in [0.717, 1.165) is 32.2 Å². The number of carbonyl (C=O) groups excluding carboxylic acids is 2. The van der Waals surface area contributed by atoms with E-state index >= 15 is 0 Å². The summed E-state index contributed by atoms with van der Waals surface area (Å²) in [5, 5.41) is 3.01. The maximum atomic E-state index is 12.0. The topological polar surface area (TPSA) is 58.6 Å². The molecule has 0 aromatic heterocycles. The van der Waals surface area contributed by atoms with Crippen LogP contribution in [0.15, 0.2) is 0 Å². The van der Waals surface area contributed by atoms with Gasteiger partial charge < -0.3 is 10.1 Å². The Morgan fingerprint density at radius 1 is 1.40 bits per heavy atom. The van der Waals surface area contributed by atoms with Gasteiger partial charge in [0.05, 0.1) is 13.7 Å². The highest BCUT2D eigenvalue weighted by Crippen LogP contribution is 2.17. The molecule has 1 N–H and O–H groups in total. The molecule has 2 unspecified atom stereocenters. The molecule has 1 fully saturated rings. The minimum Gasteiger partial charge on any atom is -0.468 e. The SMILES string of the molecule is CCCCCC(C)NC(=O)CN1CCCC1C(=O)OC. The third kappa shape index (κ3) is 5.49. The Labute approximate surface area is 122 Å². The largest absolute Gasteiger partial charge is 0.468 e. The molecule has 0 spiro atoms. The third-order valence-electron chi connectivity index (χ3n) is 3.83. The fourth-order valence-electron chi connectivity index (χ4n) is 2.70. The van der Waals surface area contributed by atoms with Gasteiger partial charge in [-0.3, -0.25) is 14.5 Å². The summed E-state index contributed by atoms with van der Waals surface area (Å²) in [7, 11) is 1.40. The van der Waals surface area contributed by atoms with Crippen molar-refractivity contribution in [3.05, 3.63) is 0 Å². The average molecular weight is 284 g/mol. The lowest BCUT2D eigenvalue weighted by Crippen LogP contribution is -2.45. The first kappa shape index (κ1) is 17.0. The van der Waals surface area contributed by atoms with E-state index in [1.807, 2.05) is 11.8 Å². The Hall–Kier alpha value is -1.10. The van der Waals surface area contributed by atoms with Gasteiger partial charge in [-0.05, 0) is 32.7 Å². The van der Waals surface area contributed by atoms with Gasteiger partial charge in [0.15, 0.2) is 0 Å². The van der Waals surface area contributed by atoms with Crippen LogP contribution in [-0.2, 0) is 14.3 Å². The fourth-order valence-corrected chi connectivity index (χ4v) is 2.70. The highest BCUT2D eigenvalue weighted by atomic mass is 16.5. The van der Waals surface area contributed by atoms with Crippen LogP contribution in [0.3, 0.4) is 0 Å². The van der Waals surface area contributed by atoms with Gasteiger partial charge in [-0.2, -0.15) is 0 Å². The monoisotopic (exact) mass is 284 g/mol. The van der Waals surface area contributed by atoms with Gasteiger partial charge >= 0.3 is 5.97 Å². The molecule has 1 amide bonds. The molecule has 1 saturated heterocycles. The third-order valence-corrected chi connectivity index (χ3v) is 3.83. The molecule has 0 aromatic carbocycles. The molecule has 5 nitrogen and oxygen atoms in total. The Morgan fingerprint density at radius 2 is 2.15 bits per heavy atom. The second-order valence-electron chi connectivity index (χ2n) is 5.62. The van der Waals surface area contributed by atoms with E-state index in [2.05, 4.69) is 12.2 Å². The quantitative estimate of drug-likeness (QED) is 0.544. The van der Waals surface area contributed by atoms with Crippen LogP contribution < -0.4 is 5.32 Å². The van der Waals surface area contributed by atoms with Crippen LogP contribution in [0.1, 0.15) is 52.4 Å². The van der Waals surface area contributed by atoms with E-state index in [1.54, 1.807) is 0 Å². The first-order valence-corrected chi connectivity index (χ1v) is 7.69. The van der Waals surface area contributed by atoms with Crippen molar-refractivity contribution in [3.63, 3.8) is 0 Å². The van der Waals surface area contributed by atoms with Gasteiger partial charge in [0.2, 0.25) is 5.91 Å². The minimum absolute atomic E-state index is 0.00445. The van der Waals surface area contributed by atoms with E-state index in [4.69, 9.17) is 4.74 Å². The Bertz CT molecular complexity index is 320. The number of nitrogens with zero attached hydrogens (tertiary/aromatic N) is 1. The number of methoxy groups -OCH3 is 1. The maximum Gasteiger partial charge on any atom is 0.323 e. The van der Waals surface area contributed by atoms with Crippen LogP contribution in [-0.4, -0.2) is 49.1 Å². The second-order valence-corrected chi connectivity index (χ2v) is 5.62. The first-order valence-electron chi connectivity index (χ1n) is 7.69. The number of ether oxygens (including phenoxy) is 1. The van der Waals surface area contributed by atoms with E-state index < -0.39 is 0 Å². The van der Waals surface area contributed by atoms with Crippen molar-refractivity contribution in [2.45, 2.75) is 64.5 Å². The molecule has 0 radical (unpaired) electrons. The molecule has 1 aliphatic rings. The summed E-state index contributed by atoms with van der Waals surface area (Å²) in [5.41, 5.74) is 0. The molecule has 1 rings (SSSR count). The number of unbranched alkanes of at least 4 members (excludes halogenated alkanes) is 2. The highest BCUT2D eigenvalue weighted by Gasteiger charge is 2.32. The molecular formula is C15H28N2O3. The van der Waals surface area contributed by atoms with Gasteiger partial charge in [0.25, 0.3) is 0 Å². The van der Waals surface area contributed by atoms with Gasteiger partial charge in [-0.25, -0.2) is 0 Å². The summed E-state index contributed by atoms with van der Waals surface area (Å²) in [6.07, 6.45) is 6.28. The van der Waals surface area contributed by atoms with E-state index in [1.165, 1.54) is 20.0 Å². The molecule has 0 saturated carbocycles. The summed E-state index contributed by atoms with van der Waals surface area (Å²) >= 11 is 0. The van der Waals surface area contributed by atoms with Crippen LogP contribution in [0.2, 0.25) is 0 Å². The summed E-state index contributed by atoms with van der Waals surface area (Å²) < 4.78 is 4.78. The standard InChI is InChI=1S/C15H28N2O3/c1-4-5-6-8-12(2)16-14(18)11-17-10-7-9-13(17)15(19)20-3/h12-13H,4-11H2,1-3H3,(H,16,18). The fraction of sp³-hybridized carbons (Fsp3) is 0.867. The van der Waals surface area contributed by atoms with Crippen molar-refractivity contribution < 1.29 is 14.3 Å². The number of nitrogens with one attached hydrogen (secondary N) is 1. The molecule has 0 aromatic rings. The van der Waals surface area contributed by atoms with Crippen molar-refractivity contribution in [2.75, 3.05) is 20.2 Å². The van der Waals surface area contributed by atoms with Crippen molar-refractivity contribution in [2.24, 2.45) is 0 Å². The van der Waals surface area contributed by atoms with Crippen LogP contribution >= 0.6 is 0 Å². The minimum atomic E-state index is -0.249. The number of hydrogen-bond donors (Lipinski definition) is 1. The predicted molar refractivity (Wildman–Crippen MR) is 78.4 cm³/mol. The molecule has 5 heteroatoms. The number of carbonyl (C=O) groups is 2. The molecule has 20 heavy (non-hydrogen) atoms. The normalized spacial score (nSPS) is 20.6. The number of rotatable bonds is 8.